The number of para-hydroxylation sites is 1. The van der Waals surface area contributed by atoms with Crippen LogP contribution >= 0.6 is 0 Å². The third kappa shape index (κ3) is 3.95. The molecule has 0 unspecified atom stereocenters. The second-order valence-electron chi connectivity index (χ2n) is 6.41. The molecule has 1 N–H and O–H groups in total. The molecule has 2 aromatic rings. The van der Waals surface area contributed by atoms with Crippen LogP contribution in [-0.2, 0) is 11.2 Å². The smallest absolute Gasteiger partial charge is 0.321 e. The molecule has 126 valence electrons. The van der Waals surface area contributed by atoms with Crippen molar-refractivity contribution in [3.63, 3.8) is 0 Å². The van der Waals surface area contributed by atoms with Gasteiger partial charge in [-0.3, -0.25) is 9.69 Å². The summed E-state index contributed by atoms with van der Waals surface area (Å²) < 4.78 is 0. The Balaban J connectivity index is 1.65. The summed E-state index contributed by atoms with van der Waals surface area (Å²) in [6.07, 6.45) is 0.558. The summed E-state index contributed by atoms with van der Waals surface area (Å²) >= 11 is 0. The zero-order chi connectivity index (χ0) is 16.9. The minimum atomic E-state index is -0.732. The summed E-state index contributed by atoms with van der Waals surface area (Å²) in [4.78, 5) is 16.2. The van der Waals surface area contributed by atoms with Crippen molar-refractivity contribution in [2.45, 2.75) is 19.4 Å². The highest BCUT2D eigenvalue weighted by molar-refractivity contribution is 5.74. The quantitative estimate of drug-likeness (QED) is 0.918. The van der Waals surface area contributed by atoms with Gasteiger partial charge in [-0.05, 0) is 31.0 Å². The average Bonchev–Trinajstić information content (AvgIpc) is 2.60. The molecule has 0 spiro atoms. The first-order chi connectivity index (χ1) is 11.6. The standard InChI is InChI=1S/C20H24N2O2/c1-16-6-5-7-17(14-16)15-19(20(23)24)22-12-10-21(11-13-22)18-8-3-2-4-9-18/h2-9,14,19H,10-13,15H2,1H3,(H,23,24)/t19-/m0/s1. The van der Waals surface area contributed by atoms with Gasteiger partial charge in [0.05, 0.1) is 0 Å². The normalized spacial score (nSPS) is 16.8. The van der Waals surface area contributed by atoms with E-state index in [-0.39, 0.29) is 0 Å². The molecule has 4 heteroatoms. The van der Waals surface area contributed by atoms with Crippen molar-refractivity contribution in [3.05, 3.63) is 65.7 Å². The highest BCUT2D eigenvalue weighted by Gasteiger charge is 2.29. The fourth-order valence-electron chi connectivity index (χ4n) is 3.37. The Labute approximate surface area is 143 Å². The summed E-state index contributed by atoms with van der Waals surface area (Å²) in [5, 5.41) is 9.68. The lowest BCUT2D eigenvalue weighted by atomic mass is 10.0. The van der Waals surface area contributed by atoms with E-state index in [2.05, 4.69) is 28.0 Å². The summed E-state index contributed by atoms with van der Waals surface area (Å²) in [6, 6.07) is 18.0. The lowest BCUT2D eigenvalue weighted by molar-refractivity contribution is -0.143. The molecular formula is C20H24N2O2. The number of hydrogen-bond acceptors (Lipinski definition) is 3. The molecule has 0 amide bonds. The van der Waals surface area contributed by atoms with E-state index in [1.54, 1.807) is 0 Å². The summed E-state index contributed by atoms with van der Waals surface area (Å²) in [7, 11) is 0. The molecule has 2 aromatic carbocycles. The molecule has 0 saturated carbocycles. The number of hydrogen-bond donors (Lipinski definition) is 1. The van der Waals surface area contributed by atoms with E-state index in [1.165, 1.54) is 11.3 Å². The first-order valence-corrected chi connectivity index (χ1v) is 8.46. The Morgan fingerprint density at radius 1 is 1.04 bits per heavy atom. The van der Waals surface area contributed by atoms with Crippen molar-refractivity contribution >= 4 is 11.7 Å². The minimum absolute atomic E-state index is 0.454. The van der Waals surface area contributed by atoms with Gasteiger partial charge >= 0.3 is 5.97 Å². The van der Waals surface area contributed by atoms with Crippen LogP contribution in [-0.4, -0.2) is 48.2 Å². The molecule has 0 aromatic heterocycles. The Hall–Kier alpha value is -2.33. The van der Waals surface area contributed by atoms with Crippen LogP contribution < -0.4 is 4.90 Å². The van der Waals surface area contributed by atoms with Gasteiger partial charge in [0, 0.05) is 31.9 Å². The van der Waals surface area contributed by atoms with E-state index >= 15 is 0 Å². The van der Waals surface area contributed by atoms with Crippen molar-refractivity contribution in [3.8, 4) is 0 Å². The van der Waals surface area contributed by atoms with Gasteiger partial charge in [0.1, 0.15) is 6.04 Å². The number of carboxylic acids is 1. The number of benzene rings is 2. The molecule has 0 aliphatic carbocycles. The maximum atomic E-state index is 11.8. The number of rotatable bonds is 5. The molecule has 4 nitrogen and oxygen atoms in total. The lowest BCUT2D eigenvalue weighted by Crippen LogP contribution is -2.53. The highest BCUT2D eigenvalue weighted by atomic mass is 16.4. The first kappa shape index (κ1) is 16.5. The van der Waals surface area contributed by atoms with E-state index < -0.39 is 12.0 Å². The van der Waals surface area contributed by atoms with Crippen LogP contribution in [0.1, 0.15) is 11.1 Å². The molecule has 1 aliphatic rings. The number of carboxylic acid groups (broad SMARTS) is 1. The second kappa shape index (κ2) is 7.49. The molecule has 0 radical (unpaired) electrons. The topological polar surface area (TPSA) is 43.8 Å². The molecule has 1 aliphatic heterocycles. The largest absolute Gasteiger partial charge is 0.480 e. The van der Waals surface area contributed by atoms with Crippen LogP contribution in [0.5, 0.6) is 0 Å². The maximum Gasteiger partial charge on any atom is 0.321 e. The number of piperazine rings is 1. The predicted octanol–water partition coefficient (Wildman–Crippen LogP) is 2.81. The number of aliphatic carboxylic acids is 1. The van der Waals surface area contributed by atoms with Crippen molar-refractivity contribution in [2.75, 3.05) is 31.1 Å². The molecule has 1 fully saturated rings. The van der Waals surface area contributed by atoms with Crippen molar-refractivity contribution in [2.24, 2.45) is 0 Å². The summed E-state index contributed by atoms with van der Waals surface area (Å²) in [5.41, 5.74) is 3.47. The average molecular weight is 324 g/mol. The highest BCUT2D eigenvalue weighted by Crippen LogP contribution is 2.18. The number of aryl methyl sites for hydroxylation is 1. The molecule has 1 saturated heterocycles. The van der Waals surface area contributed by atoms with E-state index in [1.807, 2.05) is 43.3 Å². The van der Waals surface area contributed by atoms with Gasteiger partial charge in [0.2, 0.25) is 0 Å². The van der Waals surface area contributed by atoms with Gasteiger partial charge < -0.3 is 10.0 Å². The van der Waals surface area contributed by atoms with Gasteiger partial charge in [-0.15, -0.1) is 0 Å². The molecule has 0 bridgehead atoms. The van der Waals surface area contributed by atoms with Crippen LogP contribution in [0.4, 0.5) is 5.69 Å². The fourth-order valence-corrected chi connectivity index (χ4v) is 3.37. The zero-order valence-corrected chi connectivity index (χ0v) is 14.1. The third-order valence-electron chi connectivity index (χ3n) is 4.67. The summed E-state index contributed by atoms with van der Waals surface area (Å²) in [6.45, 7) is 5.32. The Kier molecular flexibility index (Phi) is 5.16. The van der Waals surface area contributed by atoms with E-state index in [9.17, 15) is 9.90 Å². The second-order valence-corrected chi connectivity index (χ2v) is 6.41. The van der Waals surface area contributed by atoms with Crippen LogP contribution in [0.3, 0.4) is 0 Å². The van der Waals surface area contributed by atoms with Gasteiger partial charge in [0.15, 0.2) is 0 Å². The number of anilines is 1. The number of carbonyl (C=O) groups is 1. The predicted molar refractivity (Wildman–Crippen MR) is 96.5 cm³/mol. The maximum absolute atomic E-state index is 11.8. The first-order valence-electron chi connectivity index (χ1n) is 8.46. The molecule has 1 heterocycles. The monoisotopic (exact) mass is 324 g/mol. The molecule has 1 atom stereocenters. The Morgan fingerprint density at radius 2 is 1.75 bits per heavy atom. The van der Waals surface area contributed by atoms with E-state index in [0.29, 0.717) is 6.42 Å². The van der Waals surface area contributed by atoms with Crippen molar-refractivity contribution in [1.82, 2.24) is 4.90 Å². The third-order valence-corrected chi connectivity index (χ3v) is 4.67. The van der Waals surface area contributed by atoms with Crippen LogP contribution in [0, 0.1) is 6.92 Å². The minimum Gasteiger partial charge on any atom is -0.480 e. The summed E-state index contributed by atoms with van der Waals surface area (Å²) in [5.74, 6) is -0.732. The van der Waals surface area contributed by atoms with Gasteiger partial charge in [-0.1, -0.05) is 48.0 Å². The van der Waals surface area contributed by atoms with Gasteiger partial charge in [-0.25, -0.2) is 0 Å². The van der Waals surface area contributed by atoms with Crippen molar-refractivity contribution in [1.29, 1.82) is 0 Å². The van der Waals surface area contributed by atoms with Crippen LogP contribution in [0.15, 0.2) is 54.6 Å². The van der Waals surface area contributed by atoms with E-state index in [4.69, 9.17) is 0 Å². The van der Waals surface area contributed by atoms with Gasteiger partial charge in [-0.2, -0.15) is 0 Å². The molecule has 3 rings (SSSR count). The molecular weight excluding hydrogens is 300 g/mol. The Morgan fingerprint density at radius 3 is 2.38 bits per heavy atom. The SMILES string of the molecule is Cc1cccc(C[C@@H](C(=O)O)N2CCN(c3ccccc3)CC2)c1. The molecule has 24 heavy (non-hydrogen) atoms. The van der Waals surface area contributed by atoms with Crippen LogP contribution in [0.2, 0.25) is 0 Å². The zero-order valence-electron chi connectivity index (χ0n) is 14.1. The van der Waals surface area contributed by atoms with E-state index in [0.717, 1.165) is 31.7 Å². The van der Waals surface area contributed by atoms with Crippen molar-refractivity contribution < 1.29 is 9.90 Å². The van der Waals surface area contributed by atoms with Crippen LogP contribution in [0.25, 0.3) is 0 Å². The number of nitrogens with zero attached hydrogens (tertiary/aromatic N) is 2. The Bertz CT molecular complexity index is 679. The fraction of sp³-hybridized carbons (Fsp3) is 0.350. The lowest BCUT2D eigenvalue weighted by Gasteiger charge is -2.38. The van der Waals surface area contributed by atoms with Gasteiger partial charge in [0.25, 0.3) is 0 Å².